The summed E-state index contributed by atoms with van der Waals surface area (Å²) in [7, 11) is 0. The Bertz CT molecular complexity index is 406. The molecule has 1 heterocycles. The highest BCUT2D eigenvalue weighted by Gasteiger charge is 2.29. The van der Waals surface area contributed by atoms with E-state index in [4.69, 9.17) is 11.6 Å². The first-order valence-corrected chi connectivity index (χ1v) is 7.27. The van der Waals surface area contributed by atoms with Gasteiger partial charge in [-0.2, -0.15) is 0 Å². The minimum absolute atomic E-state index is 0.138. The van der Waals surface area contributed by atoms with E-state index in [2.05, 4.69) is 16.3 Å². The van der Waals surface area contributed by atoms with Gasteiger partial charge < -0.3 is 4.55 Å². The van der Waals surface area contributed by atoms with Crippen molar-refractivity contribution in [2.75, 3.05) is 0 Å². The molecular formula is C13H19ClN2OS. The maximum absolute atomic E-state index is 12.1. The SMILES string of the molecule is C=CC[C@@H](N[S@+]([O-])C(C)(C)C)c1cc(Cl)ccn1. The molecule has 0 spiro atoms. The Kier molecular flexibility index (Phi) is 5.66. The highest BCUT2D eigenvalue weighted by atomic mass is 35.5. The molecule has 0 saturated heterocycles. The Hall–Kier alpha value is -0.550. The van der Waals surface area contributed by atoms with E-state index in [9.17, 15) is 4.55 Å². The first-order chi connectivity index (χ1) is 8.34. The average Bonchev–Trinajstić information content (AvgIpc) is 2.27. The zero-order valence-electron chi connectivity index (χ0n) is 10.9. The molecule has 0 fully saturated rings. The molecule has 1 aromatic heterocycles. The van der Waals surface area contributed by atoms with Crippen LogP contribution in [0.15, 0.2) is 31.0 Å². The summed E-state index contributed by atoms with van der Waals surface area (Å²) < 4.78 is 14.9. The van der Waals surface area contributed by atoms with Crippen LogP contribution < -0.4 is 4.72 Å². The Balaban J connectivity index is 2.86. The molecule has 0 radical (unpaired) electrons. The van der Waals surface area contributed by atoms with E-state index in [1.807, 2.05) is 20.8 Å². The van der Waals surface area contributed by atoms with Crippen LogP contribution in [0.3, 0.4) is 0 Å². The van der Waals surface area contributed by atoms with Crippen LogP contribution >= 0.6 is 11.6 Å². The standard InChI is InChI=1S/C13H19ClN2OS/c1-5-6-11(16-18(17)13(2,3)4)12-9-10(14)7-8-15-12/h5,7-9,11,16H,1,6H2,2-4H3/t11-,18-/m1/s1. The van der Waals surface area contributed by atoms with Crippen LogP contribution in [0.25, 0.3) is 0 Å². The van der Waals surface area contributed by atoms with Gasteiger partial charge in [-0.15, -0.1) is 11.3 Å². The first kappa shape index (κ1) is 15.5. The Labute approximate surface area is 117 Å². The molecule has 0 aromatic carbocycles. The van der Waals surface area contributed by atoms with E-state index in [0.717, 1.165) is 5.69 Å². The molecule has 18 heavy (non-hydrogen) atoms. The minimum atomic E-state index is -1.16. The second kappa shape index (κ2) is 6.57. The predicted octanol–water partition coefficient (Wildman–Crippen LogP) is 3.40. The van der Waals surface area contributed by atoms with Crippen molar-refractivity contribution < 1.29 is 4.55 Å². The molecule has 0 amide bonds. The number of aromatic nitrogens is 1. The molecule has 1 aromatic rings. The van der Waals surface area contributed by atoms with Crippen molar-refractivity contribution in [3.05, 3.63) is 41.7 Å². The van der Waals surface area contributed by atoms with E-state index in [-0.39, 0.29) is 10.8 Å². The molecule has 100 valence electrons. The third kappa shape index (κ3) is 4.61. The molecule has 0 aliphatic rings. The normalized spacial score (nSPS) is 15.2. The summed E-state index contributed by atoms with van der Waals surface area (Å²) in [5.74, 6) is 0. The Morgan fingerprint density at radius 1 is 1.61 bits per heavy atom. The zero-order valence-corrected chi connectivity index (χ0v) is 12.5. The van der Waals surface area contributed by atoms with E-state index in [1.54, 1.807) is 24.4 Å². The maximum Gasteiger partial charge on any atom is 0.136 e. The van der Waals surface area contributed by atoms with Gasteiger partial charge in [0.2, 0.25) is 0 Å². The molecule has 0 bridgehead atoms. The van der Waals surface area contributed by atoms with Crippen LogP contribution in [0.2, 0.25) is 5.02 Å². The van der Waals surface area contributed by atoms with Crippen LogP contribution in [0.4, 0.5) is 0 Å². The lowest BCUT2D eigenvalue weighted by Gasteiger charge is -2.27. The lowest BCUT2D eigenvalue weighted by molar-refractivity contribution is 0.521. The van der Waals surface area contributed by atoms with Crippen molar-refractivity contribution in [3.8, 4) is 0 Å². The fourth-order valence-electron chi connectivity index (χ4n) is 1.31. The monoisotopic (exact) mass is 286 g/mol. The van der Waals surface area contributed by atoms with Gasteiger partial charge >= 0.3 is 0 Å². The molecule has 5 heteroatoms. The van der Waals surface area contributed by atoms with Gasteiger partial charge in [0, 0.05) is 22.6 Å². The van der Waals surface area contributed by atoms with Crippen LogP contribution in [-0.2, 0) is 11.4 Å². The fourth-order valence-corrected chi connectivity index (χ4v) is 2.31. The fraction of sp³-hybridized carbons (Fsp3) is 0.462. The maximum atomic E-state index is 12.1. The largest absolute Gasteiger partial charge is 0.598 e. The van der Waals surface area contributed by atoms with E-state index >= 15 is 0 Å². The van der Waals surface area contributed by atoms with Crippen molar-refractivity contribution in [1.29, 1.82) is 0 Å². The van der Waals surface area contributed by atoms with Crippen LogP contribution in [0.1, 0.15) is 38.9 Å². The number of halogens is 1. The summed E-state index contributed by atoms with van der Waals surface area (Å²) in [6, 6.07) is 3.36. The van der Waals surface area contributed by atoms with Gasteiger partial charge in [0.1, 0.15) is 4.75 Å². The van der Waals surface area contributed by atoms with Gasteiger partial charge in [0.25, 0.3) is 0 Å². The van der Waals surface area contributed by atoms with Crippen molar-refractivity contribution >= 4 is 23.0 Å². The molecule has 0 saturated carbocycles. The number of pyridine rings is 1. The van der Waals surface area contributed by atoms with E-state index in [0.29, 0.717) is 11.4 Å². The molecule has 3 nitrogen and oxygen atoms in total. The second-order valence-electron chi connectivity index (χ2n) is 4.97. The Morgan fingerprint density at radius 3 is 2.78 bits per heavy atom. The average molecular weight is 287 g/mol. The first-order valence-electron chi connectivity index (χ1n) is 5.75. The second-order valence-corrected chi connectivity index (χ2v) is 7.41. The quantitative estimate of drug-likeness (QED) is 0.666. The van der Waals surface area contributed by atoms with E-state index in [1.165, 1.54) is 0 Å². The Morgan fingerprint density at radius 2 is 2.28 bits per heavy atom. The van der Waals surface area contributed by atoms with Crippen molar-refractivity contribution in [2.24, 2.45) is 0 Å². The van der Waals surface area contributed by atoms with Crippen LogP contribution in [-0.4, -0.2) is 14.3 Å². The number of nitrogens with one attached hydrogen (secondary N) is 1. The smallest absolute Gasteiger partial charge is 0.136 e. The molecule has 1 rings (SSSR count). The summed E-state index contributed by atoms with van der Waals surface area (Å²) in [6.45, 7) is 9.49. The molecule has 0 unspecified atom stereocenters. The highest BCUT2D eigenvalue weighted by molar-refractivity contribution is 7.90. The number of nitrogens with zero attached hydrogens (tertiary/aromatic N) is 1. The van der Waals surface area contributed by atoms with Gasteiger partial charge in [0.15, 0.2) is 0 Å². The third-order valence-electron chi connectivity index (χ3n) is 2.31. The van der Waals surface area contributed by atoms with Gasteiger partial charge in [-0.3, -0.25) is 4.98 Å². The summed E-state index contributed by atoms with van der Waals surface area (Å²) in [6.07, 6.45) is 4.07. The third-order valence-corrected chi connectivity index (χ3v) is 4.15. The summed E-state index contributed by atoms with van der Waals surface area (Å²) >= 11 is 4.79. The number of rotatable bonds is 5. The molecule has 0 aliphatic heterocycles. The molecular weight excluding hydrogens is 268 g/mol. The summed E-state index contributed by atoms with van der Waals surface area (Å²) in [5.41, 5.74) is 0.778. The van der Waals surface area contributed by atoms with Crippen molar-refractivity contribution in [1.82, 2.24) is 9.71 Å². The van der Waals surface area contributed by atoms with Crippen LogP contribution in [0, 0.1) is 0 Å². The van der Waals surface area contributed by atoms with Crippen molar-refractivity contribution in [2.45, 2.75) is 38.0 Å². The van der Waals surface area contributed by atoms with E-state index < -0.39 is 11.4 Å². The van der Waals surface area contributed by atoms with Gasteiger partial charge in [-0.1, -0.05) is 17.7 Å². The zero-order chi connectivity index (χ0) is 13.8. The van der Waals surface area contributed by atoms with Crippen LogP contribution in [0.5, 0.6) is 0 Å². The minimum Gasteiger partial charge on any atom is -0.598 e. The predicted molar refractivity (Wildman–Crippen MR) is 77.8 cm³/mol. The van der Waals surface area contributed by atoms with Gasteiger partial charge in [0.05, 0.1) is 11.7 Å². The highest BCUT2D eigenvalue weighted by Crippen LogP contribution is 2.23. The molecule has 0 aliphatic carbocycles. The van der Waals surface area contributed by atoms with Crippen molar-refractivity contribution in [3.63, 3.8) is 0 Å². The number of hydrogen-bond donors (Lipinski definition) is 1. The topological polar surface area (TPSA) is 48.0 Å². The van der Waals surface area contributed by atoms with Gasteiger partial charge in [-0.25, -0.2) is 0 Å². The molecule has 1 N–H and O–H groups in total. The summed E-state index contributed by atoms with van der Waals surface area (Å²) in [5, 5.41) is 0.623. The van der Waals surface area contributed by atoms with Gasteiger partial charge in [-0.05, 0) is 39.3 Å². The number of hydrogen-bond acceptors (Lipinski definition) is 3. The molecule has 2 atom stereocenters. The lowest BCUT2D eigenvalue weighted by atomic mass is 10.1. The lowest BCUT2D eigenvalue weighted by Crippen LogP contribution is -2.41. The summed E-state index contributed by atoms with van der Waals surface area (Å²) in [4.78, 5) is 4.26.